The van der Waals surface area contributed by atoms with E-state index in [0.29, 0.717) is 0 Å². The number of imidazole rings is 1. The number of aryl methyl sites for hydroxylation is 2. The Balaban J connectivity index is 1.55. The first-order valence-corrected chi connectivity index (χ1v) is 11.2. The number of aromatic nitrogens is 3. The molecular formula is C23H30N6O2. The summed E-state index contributed by atoms with van der Waals surface area (Å²) in [7, 11) is 0. The van der Waals surface area contributed by atoms with E-state index in [4.69, 9.17) is 19.6 Å². The molecule has 2 aliphatic rings. The van der Waals surface area contributed by atoms with Gasteiger partial charge in [-0.15, -0.1) is 5.10 Å². The fraction of sp³-hybridized carbons (Fsp3) is 0.478. The van der Waals surface area contributed by atoms with Crippen molar-refractivity contribution in [1.29, 1.82) is 0 Å². The monoisotopic (exact) mass is 422 g/mol. The van der Waals surface area contributed by atoms with Crippen molar-refractivity contribution in [3.63, 3.8) is 0 Å². The SMILES string of the molecule is CCc1cc(N2CCOCC2)nn2c(Nc3ccccc3N3CCOCC3)c(C)nc12. The highest BCUT2D eigenvalue weighted by atomic mass is 16.5. The number of ether oxygens (including phenoxy) is 2. The molecule has 0 spiro atoms. The largest absolute Gasteiger partial charge is 0.378 e. The Kier molecular flexibility index (Phi) is 5.65. The number of nitrogens with one attached hydrogen (secondary N) is 1. The summed E-state index contributed by atoms with van der Waals surface area (Å²) in [5.74, 6) is 1.90. The molecule has 2 aromatic heterocycles. The smallest absolute Gasteiger partial charge is 0.159 e. The predicted octanol–water partition coefficient (Wildman–Crippen LogP) is 3.02. The van der Waals surface area contributed by atoms with Crippen LogP contribution >= 0.6 is 0 Å². The Morgan fingerprint density at radius 3 is 2.35 bits per heavy atom. The van der Waals surface area contributed by atoms with Gasteiger partial charge in [0.05, 0.1) is 43.5 Å². The summed E-state index contributed by atoms with van der Waals surface area (Å²) in [5.41, 5.74) is 5.31. The molecule has 4 heterocycles. The van der Waals surface area contributed by atoms with Gasteiger partial charge >= 0.3 is 0 Å². The molecule has 0 atom stereocenters. The third-order valence-corrected chi connectivity index (χ3v) is 6.05. The summed E-state index contributed by atoms with van der Waals surface area (Å²) in [6, 6.07) is 10.6. The van der Waals surface area contributed by atoms with Gasteiger partial charge in [0.2, 0.25) is 0 Å². The highest BCUT2D eigenvalue weighted by Gasteiger charge is 2.20. The van der Waals surface area contributed by atoms with Crippen molar-refractivity contribution in [2.75, 3.05) is 67.7 Å². The van der Waals surface area contributed by atoms with Crippen LogP contribution in [0.25, 0.3) is 5.65 Å². The van der Waals surface area contributed by atoms with Gasteiger partial charge < -0.3 is 24.6 Å². The van der Waals surface area contributed by atoms with E-state index in [0.717, 1.165) is 87.7 Å². The highest BCUT2D eigenvalue weighted by molar-refractivity contribution is 5.76. The molecule has 164 valence electrons. The minimum atomic E-state index is 0.738. The summed E-state index contributed by atoms with van der Waals surface area (Å²) < 4.78 is 13.0. The number of fused-ring (bicyclic) bond motifs is 1. The molecule has 2 saturated heterocycles. The van der Waals surface area contributed by atoms with Crippen LogP contribution in [0.1, 0.15) is 18.2 Å². The van der Waals surface area contributed by atoms with Crippen molar-refractivity contribution >= 4 is 28.7 Å². The number of rotatable bonds is 5. The number of hydrogen-bond donors (Lipinski definition) is 1. The van der Waals surface area contributed by atoms with E-state index in [1.54, 1.807) is 0 Å². The van der Waals surface area contributed by atoms with Gasteiger partial charge in [-0.1, -0.05) is 19.1 Å². The average Bonchev–Trinajstić information content (AvgIpc) is 3.15. The molecule has 1 N–H and O–H groups in total. The van der Waals surface area contributed by atoms with Gasteiger partial charge in [-0.25, -0.2) is 4.98 Å². The summed E-state index contributed by atoms with van der Waals surface area (Å²) >= 11 is 0. The van der Waals surface area contributed by atoms with Crippen molar-refractivity contribution in [3.05, 3.63) is 41.6 Å². The Labute approximate surface area is 182 Å². The maximum atomic E-state index is 5.54. The van der Waals surface area contributed by atoms with Gasteiger partial charge in [-0.05, 0) is 31.5 Å². The van der Waals surface area contributed by atoms with Crippen molar-refractivity contribution in [2.24, 2.45) is 0 Å². The zero-order chi connectivity index (χ0) is 21.2. The average molecular weight is 423 g/mol. The molecule has 0 radical (unpaired) electrons. The van der Waals surface area contributed by atoms with Gasteiger partial charge in [0.1, 0.15) is 5.82 Å². The Hall–Kier alpha value is -2.84. The zero-order valence-electron chi connectivity index (χ0n) is 18.3. The predicted molar refractivity (Wildman–Crippen MR) is 123 cm³/mol. The van der Waals surface area contributed by atoms with Crippen LogP contribution in [0.5, 0.6) is 0 Å². The second-order valence-corrected chi connectivity index (χ2v) is 8.00. The van der Waals surface area contributed by atoms with Gasteiger partial charge in [0, 0.05) is 31.7 Å². The van der Waals surface area contributed by atoms with Crippen LogP contribution in [0.15, 0.2) is 30.3 Å². The minimum absolute atomic E-state index is 0.738. The molecule has 5 rings (SSSR count). The van der Waals surface area contributed by atoms with Crippen molar-refractivity contribution in [3.8, 4) is 0 Å². The number of anilines is 4. The molecule has 0 bridgehead atoms. The van der Waals surface area contributed by atoms with Crippen LogP contribution < -0.4 is 15.1 Å². The number of hydrogen-bond acceptors (Lipinski definition) is 7. The van der Waals surface area contributed by atoms with Crippen molar-refractivity contribution in [1.82, 2.24) is 14.6 Å². The maximum Gasteiger partial charge on any atom is 0.159 e. The van der Waals surface area contributed by atoms with Gasteiger partial charge in [-0.2, -0.15) is 4.52 Å². The first-order chi connectivity index (χ1) is 15.2. The van der Waals surface area contributed by atoms with Crippen molar-refractivity contribution < 1.29 is 9.47 Å². The zero-order valence-corrected chi connectivity index (χ0v) is 18.3. The molecule has 2 fully saturated rings. The molecule has 3 aromatic rings. The normalized spacial score (nSPS) is 17.4. The van der Waals surface area contributed by atoms with Crippen LogP contribution in [0.2, 0.25) is 0 Å². The summed E-state index contributed by atoms with van der Waals surface area (Å²) in [6.45, 7) is 10.7. The minimum Gasteiger partial charge on any atom is -0.378 e. The number of benzene rings is 1. The van der Waals surface area contributed by atoms with Gasteiger partial charge in [0.25, 0.3) is 0 Å². The highest BCUT2D eigenvalue weighted by Crippen LogP contribution is 2.32. The van der Waals surface area contributed by atoms with Gasteiger partial charge in [0.15, 0.2) is 11.5 Å². The molecule has 8 nitrogen and oxygen atoms in total. The van der Waals surface area contributed by atoms with Crippen LogP contribution in [0, 0.1) is 6.92 Å². The second kappa shape index (κ2) is 8.72. The van der Waals surface area contributed by atoms with Crippen molar-refractivity contribution in [2.45, 2.75) is 20.3 Å². The van der Waals surface area contributed by atoms with E-state index in [9.17, 15) is 0 Å². The quantitative estimate of drug-likeness (QED) is 0.678. The lowest BCUT2D eigenvalue weighted by molar-refractivity contribution is 0.122. The summed E-state index contributed by atoms with van der Waals surface area (Å²) in [6.07, 6.45) is 0.906. The van der Waals surface area contributed by atoms with Gasteiger partial charge in [-0.3, -0.25) is 0 Å². The topological polar surface area (TPSA) is 67.2 Å². The molecule has 2 aliphatic heterocycles. The third kappa shape index (κ3) is 3.93. The summed E-state index contributed by atoms with van der Waals surface area (Å²) in [5, 5.41) is 8.65. The van der Waals surface area contributed by atoms with E-state index in [1.807, 2.05) is 11.4 Å². The van der Waals surface area contributed by atoms with Crippen LogP contribution in [-0.2, 0) is 15.9 Å². The molecule has 0 amide bonds. The Morgan fingerprint density at radius 2 is 1.65 bits per heavy atom. The maximum absolute atomic E-state index is 5.54. The molecule has 1 aromatic carbocycles. The molecule has 0 saturated carbocycles. The van der Waals surface area contributed by atoms with Crippen LogP contribution in [0.3, 0.4) is 0 Å². The summed E-state index contributed by atoms with van der Waals surface area (Å²) in [4.78, 5) is 9.53. The lowest BCUT2D eigenvalue weighted by Crippen LogP contribution is -2.37. The number of para-hydroxylation sites is 2. The second-order valence-electron chi connectivity index (χ2n) is 8.00. The van der Waals surface area contributed by atoms with E-state index in [2.05, 4.69) is 52.4 Å². The lowest BCUT2D eigenvalue weighted by atomic mass is 10.2. The van der Waals surface area contributed by atoms with E-state index in [-0.39, 0.29) is 0 Å². The molecule has 31 heavy (non-hydrogen) atoms. The Bertz CT molecular complexity index is 1050. The standard InChI is InChI=1S/C23H30N6O2/c1-3-18-16-21(28-10-14-31-15-11-28)26-29-22(17(2)24-23(18)29)25-19-6-4-5-7-20(19)27-8-12-30-13-9-27/h4-7,16,25H,3,8-15H2,1-2H3. The molecule has 8 heteroatoms. The fourth-order valence-corrected chi connectivity index (χ4v) is 4.31. The first-order valence-electron chi connectivity index (χ1n) is 11.2. The lowest BCUT2D eigenvalue weighted by Gasteiger charge is -2.30. The third-order valence-electron chi connectivity index (χ3n) is 6.05. The van der Waals surface area contributed by atoms with Crippen LogP contribution in [-0.4, -0.2) is 67.2 Å². The first kappa shape index (κ1) is 20.1. The fourth-order valence-electron chi connectivity index (χ4n) is 4.31. The number of morpholine rings is 2. The molecule has 0 unspecified atom stereocenters. The molecular weight excluding hydrogens is 392 g/mol. The number of nitrogens with zero attached hydrogens (tertiary/aromatic N) is 5. The van der Waals surface area contributed by atoms with Crippen LogP contribution in [0.4, 0.5) is 23.0 Å². The van der Waals surface area contributed by atoms with E-state index >= 15 is 0 Å². The molecule has 0 aliphatic carbocycles. The van der Waals surface area contributed by atoms with E-state index in [1.165, 1.54) is 11.3 Å². The van der Waals surface area contributed by atoms with E-state index < -0.39 is 0 Å². The Morgan fingerprint density at radius 1 is 0.968 bits per heavy atom.